The predicted molar refractivity (Wildman–Crippen MR) is 121 cm³/mol. The molecule has 0 bridgehead atoms. The number of ether oxygens (including phenoxy) is 1. The number of furan rings is 1. The fourth-order valence-corrected chi connectivity index (χ4v) is 5.52. The van der Waals surface area contributed by atoms with Crippen LogP contribution in [0.3, 0.4) is 0 Å². The molecule has 31 heavy (non-hydrogen) atoms. The fourth-order valence-electron chi connectivity index (χ4n) is 4.26. The molecule has 4 aromatic rings. The molecule has 0 spiro atoms. The number of fused-ring (bicyclic) bond motifs is 3. The molecule has 2 N–H and O–H groups in total. The molecule has 160 valence electrons. The van der Waals surface area contributed by atoms with E-state index in [1.165, 1.54) is 11.1 Å². The third-order valence-electron chi connectivity index (χ3n) is 5.88. The Morgan fingerprint density at radius 1 is 1.19 bits per heavy atom. The number of aryl methyl sites for hydroxylation is 2. The second kappa shape index (κ2) is 7.66. The normalized spacial score (nSPS) is 15.3. The average molecular weight is 437 g/mol. The number of nitrogens with zero attached hydrogens (tertiary/aromatic N) is 2. The van der Waals surface area contributed by atoms with Crippen LogP contribution in [0.4, 0.5) is 5.82 Å². The van der Waals surface area contributed by atoms with Gasteiger partial charge in [-0.1, -0.05) is 41.7 Å². The van der Waals surface area contributed by atoms with Crippen LogP contribution in [0.1, 0.15) is 35.6 Å². The molecule has 4 heterocycles. The van der Waals surface area contributed by atoms with Gasteiger partial charge in [-0.2, -0.15) is 13.9 Å². The topological polar surface area (TPSA) is 74.3 Å². The van der Waals surface area contributed by atoms with E-state index in [-0.39, 0.29) is 11.3 Å². The first-order chi connectivity index (χ1) is 14.9. The molecule has 0 saturated heterocycles. The molecule has 1 aliphatic rings. The largest absolute Gasteiger partial charge is 0.501 e. The Kier molecular flexibility index (Phi) is 4.95. The Morgan fingerprint density at radius 2 is 2.00 bits per heavy atom. The van der Waals surface area contributed by atoms with Crippen LogP contribution in [0.5, 0.6) is 0 Å². The highest BCUT2D eigenvalue weighted by Gasteiger charge is 2.34. The Hall–Kier alpha value is -2.90. The number of anilines is 1. The predicted octanol–water partition coefficient (Wildman–Crippen LogP) is 3.67. The van der Waals surface area contributed by atoms with Gasteiger partial charge < -0.3 is 14.9 Å². The van der Waals surface area contributed by atoms with Gasteiger partial charge >= 0.3 is 5.69 Å². The zero-order chi connectivity index (χ0) is 21.6. The Bertz CT molecular complexity index is 1290. The minimum atomic E-state index is -0.260. The Labute approximate surface area is 184 Å². The van der Waals surface area contributed by atoms with E-state index < -0.39 is 0 Å². The summed E-state index contributed by atoms with van der Waals surface area (Å²) in [7, 11) is 0. The maximum Gasteiger partial charge on any atom is 0.501 e. The molecule has 1 aromatic carbocycles. The first kappa shape index (κ1) is 20.0. The number of hydrogen-bond acceptors (Lipinski definition) is 5. The number of rotatable bonds is 5. The van der Waals surface area contributed by atoms with E-state index in [2.05, 4.69) is 26.0 Å². The summed E-state index contributed by atoms with van der Waals surface area (Å²) >= 11 is 1.63. The number of hydrogen-bond donors (Lipinski definition) is 1. The minimum absolute atomic E-state index is 0.115. The van der Waals surface area contributed by atoms with Crippen molar-refractivity contribution in [1.82, 2.24) is 4.57 Å². The van der Waals surface area contributed by atoms with E-state index in [4.69, 9.17) is 14.9 Å². The lowest BCUT2D eigenvalue weighted by atomic mass is 9.94. The third kappa shape index (κ3) is 3.68. The SMILES string of the molecule is CC1(C)Cc2c(sc3c2c(N)n(Cc2ccco2)c(=O)[n+]3CCc2ccccc2)CO1. The van der Waals surface area contributed by atoms with Gasteiger partial charge in [-0.15, -0.1) is 0 Å². The van der Waals surface area contributed by atoms with Crippen LogP contribution in [0, 0.1) is 0 Å². The fraction of sp³-hybridized carbons (Fsp3) is 0.333. The Morgan fingerprint density at radius 3 is 2.74 bits per heavy atom. The van der Waals surface area contributed by atoms with Gasteiger partial charge in [0.05, 0.1) is 25.0 Å². The molecular weight excluding hydrogens is 410 g/mol. The van der Waals surface area contributed by atoms with Gasteiger partial charge in [-0.05, 0) is 37.1 Å². The molecular formula is C24H26N3O3S+. The lowest BCUT2D eigenvalue weighted by molar-refractivity contribution is -0.687. The van der Waals surface area contributed by atoms with Crippen LogP contribution in [-0.4, -0.2) is 10.2 Å². The number of nitrogen functional groups attached to an aromatic ring is 1. The summed E-state index contributed by atoms with van der Waals surface area (Å²) < 4.78 is 15.1. The first-order valence-corrected chi connectivity index (χ1v) is 11.3. The highest BCUT2D eigenvalue weighted by atomic mass is 32.1. The monoisotopic (exact) mass is 436 g/mol. The van der Waals surface area contributed by atoms with Gasteiger partial charge in [-0.25, -0.2) is 0 Å². The van der Waals surface area contributed by atoms with Crippen LogP contribution >= 0.6 is 11.3 Å². The lowest BCUT2D eigenvalue weighted by Gasteiger charge is -2.29. The standard InChI is InChI=1S/C24H25N3O3S/c1-24(2)13-18-19(15-30-24)31-22-20(18)21(25)27(14-17-9-6-12-29-17)23(28)26(22)11-10-16-7-4-3-5-8-16/h3-9,12,25H,10-11,13-15H2,1-2H3/p+1. The van der Waals surface area contributed by atoms with Gasteiger partial charge in [0.25, 0.3) is 0 Å². The van der Waals surface area contributed by atoms with Crippen molar-refractivity contribution in [3.05, 3.63) is 81.0 Å². The second-order valence-corrected chi connectivity index (χ2v) is 9.71. The number of nitrogens with two attached hydrogens (primary N) is 1. The summed E-state index contributed by atoms with van der Waals surface area (Å²) in [4.78, 5) is 15.7. The van der Waals surface area contributed by atoms with Gasteiger partial charge in [0.2, 0.25) is 5.82 Å². The number of benzene rings is 1. The van der Waals surface area contributed by atoms with Crippen molar-refractivity contribution < 1.29 is 13.7 Å². The average Bonchev–Trinajstić information content (AvgIpc) is 3.39. The molecule has 0 atom stereocenters. The molecule has 0 amide bonds. The van der Waals surface area contributed by atoms with Crippen LogP contribution < -0.4 is 16.0 Å². The van der Waals surface area contributed by atoms with Crippen molar-refractivity contribution in [2.75, 3.05) is 5.73 Å². The molecule has 0 saturated carbocycles. The molecule has 5 rings (SSSR count). The van der Waals surface area contributed by atoms with Crippen molar-refractivity contribution in [1.29, 1.82) is 0 Å². The first-order valence-electron chi connectivity index (χ1n) is 10.5. The van der Waals surface area contributed by atoms with E-state index >= 15 is 0 Å². The molecule has 0 fully saturated rings. The van der Waals surface area contributed by atoms with Gasteiger partial charge in [0.1, 0.15) is 11.1 Å². The lowest BCUT2D eigenvalue weighted by Crippen LogP contribution is -2.55. The summed E-state index contributed by atoms with van der Waals surface area (Å²) in [6, 6.07) is 13.9. The zero-order valence-corrected chi connectivity index (χ0v) is 18.6. The number of aromatic nitrogens is 2. The van der Waals surface area contributed by atoms with E-state index in [0.29, 0.717) is 31.3 Å². The van der Waals surface area contributed by atoms with Crippen LogP contribution in [0.2, 0.25) is 0 Å². The van der Waals surface area contributed by atoms with E-state index in [0.717, 1.165) is 27.9 Å². The summed E-state index contributed by atoms with van der Waals surface area (Å²) in [6.45, 7) is 5.63. The second-order valence-electron chi connectivity index (χ2n) is 8.63. The smallest absolute Gasteiger partial charge is 0.465 e. The van der Waals surface area contributed by atoms with Crippen molar-refractivity contribution in [3.8, 4) is 0 Å². The van der Waals surface area contributed by atoms with Crippen molar-refractivity contribution >= 4 is 27.4 Å². The molecule has 0 unspecified atom stereocenters. The number of thiophene rings is 1. The quantitative estimate of drug-likeness (QED) is 0.485. The van der Waals surface area contributed by atoms with E-state index in [1.807, 2.05) is 34.9 Å². The van der Waals surface area contributed by atoms with Crippen molar-refractivity contribution in [3.63, 3.8) is 0 Å². The highest BCUT2D eigenvalue weighted by Crippen LogP contribution is 2.39. The molecule has 0 radical (unpaired) electrons. The van der Waals surface area contributed by atoms with Gasteiger partial charge in [0, 0.05) is 17.7 Å². The van der Waals surface area contributed by atoms with Crippen molar-refractivity contribution in [2.24, 2.45) is 0 Å². The highest BCUT2D eigenvalue weighted by molar-refractivity contribution is 7.18. The van der Waals surface area contributed by atoms with Crippen LogP contribution in [0.15, 0.2) is 57.9 Å². The molecule has 1 aliphatic heterocycles. The summed E-state index contributed by atoms with van der Waals surface area (Å²) in [5, 5.41) is 0.982. The van der Waals surface area contributed by atoms with Gasteiger partial charge in [0.15, 0.2) is 11.4 Å². The summed E-state index contributed by atoms with van der Waals surface area (Å²) in [6.07, 6.45) is 3.15. The maximum atomic E-state index is 13.6. The zero-order valence-electron chi connectivity index (χ0n) is 17.8. The Balaban J connectivity index is 1.68. The third-order valence-corrected chi connectivity index (χ3v) is 7.11. The van der Waals surface area contributed by atoms with Gasteiger partial charge in [-0.3, -0.25) is 0 Å². The summed E-state index contributed by atoms with van der Waals surface area (Å²) in [5.74, 6) is 1.21. The maximum absolute atomic E-state index is 13.6. The minimum Gasteiger partial charge on any atom is -0.465 e. The summed E-state index contributed by atoms with van der Waals surface area (Å²) in [5.41, 5.74) is 8.67. The van der Waals surface area contributed by atoms with E-state index in [9.17, 15) is 4.79 Å². The molecule has 7 heteroatoms. The molecule has 6 nitrogen and oxygen atoms in total. The van der Waals surface area contributed by atoms with Crippen molar-refractivity contribution in [2.45, 2.75) is 52.0 Å². The van der Waals surface area contributed by atoms with Crippen LogP contribution in [-0.2, 0) is 37.3 Å². The van der Waals surface area contributed by atoms with E-state index in [1.54, 1.807) is 22.2 Å². The molecule has 3 aromatic heterocycles. The van der Waals surface area contributed by atoms with Crippen LogP contribution in [0.25, 0.3) is 10.2 Å². The molecule has 0 aliphatic carbocycles.